The number of rotatable bonds is 4. The van der Waals surface area contributed by atoms with Gasteiger partial charge < -0.3 is 10.2 Å². The van der Waals surface area contributed by atoms with Gasteiger partial charge in [-0.25, -0.2) is 4.68 Å². The fraction of sp³-hybridized carbons (Fsp3) is 0.333. The van der Waals surface area contributed by atoms with Crippen molar-refractivity contribution in [2.45, 2.75) is 26.2 Å². The second-order valence-corrected chi connectivity index (χ2v) is 4.02. The summed E-state index contributed by atoms with van der Waals surface area (Å²) in [6, 6.07) is 7.70. The van der Waals surface area contributed by atoms with Crippen molar-refractivity contribution >= 4 is 0 Å². The normalized spacial score (nSPS) is 12.6. The zero-order valence-electron chi connectivity index (χ0n) is 9.61. The maximum absolute atomic E-state index is 10.00. The van der Waals surface area contributed by atoms with Crippen molar-refractivity contribution in [1.82, 2.24) is 15.0 Å². The molecule has 1 aromatic carbocycles. The lowest BCUT2D eigenvalue weighted by Crippen LogP contribution is -2.09. The Kier molecular flexibility index (Phi) is 3.51. The summed E-state index contributed by atoms with van der Waals surface area (Å²) < 4.78 is 1.52. The summed E-state index contributed by atoms with van der Waals surface area (Å²) >= 11 is 0. The van der Waals surface area contributed by atoms with E-state index < -0.39 is 6.10 Å². The van der Waals surface area contributed by atoms with E-state index in [2.05, 4.69) is 10.3 Å². The molecule has 0 spiro atoms. The summed E-state index contributed by atoms with van der Waals surface area (Å²) in [7, 11) is 0. The molecular weight excluding hydrogens is 218 g/mol. The second-order valence-electron chi connectivity index (χ2n) is 4.02. The molecule has 0 aliphatic rings. The molecule has 17 heavy (non-hydrogen) atoms. The summed E-state index contributed by atoms with van der Waals surface area (Å²) in [5.74, 6) is 0. The highest BCUT2D eigenvalue weighted by molar-refractivity contribution is 5.22. The van der Waals surface area contributed by atoms with Gasteiger partial charge in [0, 0.05) is 0 Å². The van der Waals surface area contributed by atoms with Crippen LogP contribution in [0.5, 0.6) is 0 Å². The van der Waals surface area contributed by atoms with E-state index in [9.17, 15) is 5.11 Å². The van der Waals surface area contributed by atoms with Crippen LogP contribution in [-0.4, -0.2) is 25.2 Å². The minimum Gasteiger partial charge on any atom is -0.390 e. The number of aromatic nitrogens is 3. The van der Waals surface area contributed by atoms with Gasteiger partial charge in [0.05, 0.1) is 25.5 Å². The minimum atomic E-state index is -0.621. The molecule has 0 bridgehead atoms. The van der Waals surface area contributed by atoms with E-state index in [1.54, 1.807) is 6.20 Å². The second kappa shape index (κ2) is 5.07. The Bertz CT molecular complexity index is 479. The molecule has 5 nitrogen and oxygen atoms in total. The van der Waals surface area contributed by atoms with Crippen molar-refractivity contribution in [1.29, 1.82) is 0 Å². The van der Waals surface area contributed by atoms with Gasteiger partial charge in [-0.3, -0.25) is 0 Å². The van der Waals surface area contributed by atoms with Gasteiger partial charge in [0.15, 0.2) is 0 Å². The summed E-state index contributed by atoms with van der Waals surface area (Å²) in [6.45, 7) is 2.19. The lowest BCUT2D eigenvalue weighted by molar-refractivity contribution is 0.150. The highest BCUT2D eigenvalue weighted by Gasteiger charge is 2.09. The largest absolute Gasteiger partial charge is 0.390 e. The Hall–Kier alpha value is -1.72. The first-order chi connectivity index (χ1) is 8.19. The predicted molar refractivity (Wildman–Crippen MR) is 62.1 cm³/mol. The molecule has 2 rings (SSSR count). The van der Waals surface area contributed by atoms with Gasteiger partial charge in [-0.05, 0) is 12.5 Å². The molecule has 5 heteroatoms. The standard InChI is InChI=1S/C12H15N3O2/c1-9-2-4-10(5-3-9)12(17)7-15-6-11(8-16)13-14-15/h2-6,12,16-17H,7-8H2,1H3/t12-/m1/s1. The molecule has 0 fully saturated rings. The average Bonchev–Trinajstić information content (AvgIpc) is 2.77. The third kappa shape index (κ3) is 2.89. The predicted octanol–water partition coefficient (Wildman–Crippen LogP) is 0.812. The van der Waals surface area contributed by atoms with Crippen LogP contribution in [0.4, 0.5) is 0 Å². The van der Waals surface area contributed by atoms with E-state index in [4.69, 9.17) is 5.11 Å². The van der Waals surface area contributed by atoms with E-state index in [-0.39, 0.29) is 6.61 Å². The van der Waals surface area contributed by atoms with Crippen molar-refractivity contribution < 1.29 is 10.2 Å². The summed E-state index contributed by atoms with van der Waals surface area (Å²) in [6.07, 6.45) is 1.00. The smallest absolute Gasteiger partial charge is 0.108 e. The first-order valence-corrected chi connectivity index (χ1v) is 5.43. The minimum absolute atomic E-state index is 0.138. The number of hydrogen-bond donors (Lipinski definition) is 2. The molecule has 1 aromatic heterocycles. The van der Waals surface area contributed by atoms with Gasteiger partial charge in [-0.2, -0.15) is 0 Å². The lowest BCUT2D eigenvalue weighted by atomic mass is 10.1. The number of nitrogens with zero attached hydrogens (tertiary/aromatic N) is 3. The Morgan fingerprint density at radius 2 is 2.00 bits per heavy atom. The number of aliphatic hydroxyl groups excluding tert-OH is 2. The molecule has 90 valence electrons. The fourth-order valence-electron chi connectivity index (χ4n) is 1.57. The van der Waals surface area contributed by atoms with Crippen LogP contribution in [0.2, 0.25) is 0 Å². The first-order valence-electron chi connectivity index (χ1n) is 5.43. The molecule has 0 saturated heterocycles. The van der Waals surface area contributed by atoms with Crippen LogP contribution < -0.4 is 0 Å². The Balaban J connectivity index is 2.05. The van der Waals surface area contributed by atoms with Crippen LogP contribution in [0.25, 0.3) is 0 Å². The van der Waals surface area contributed by atoms with Crippen LogP contribution >= 0.6 is 0 Å². The quantitative estimate of drug-likeness (QED) is 0.820. The average molecular weight is 233 g/mol. The summed E-state index contributed by atoms with van der Waals surface area (Å²) in [5, 5.41) is 26.4. The van der Waals surface area contributed by atoms with Crippen molar-refractivity contribution in [3.8, 4) is 0 Å². The van der Waals surface area contributed by atoms with Crippen LogP contribution in [0.3, 0.4) is 0 Å². The monoisotopic (exact) mass is 233 g/mol. The summed E-state index contributed by atoms with van der Waals surface area (Å²) in [4.78, 5) is 0. The third-order valence-electron chi connectivity index (χ3n) is 2.57. The maximum atomic E-state index is 10.00. The first kappa shape index (κ1) is 11.8. The van der Waals surface area contributed by atoms with E-state index in [1.165, 1.54) is 4.68 Å². The zero-order chi connectivity index (χ0) is 12.3. The van der Waals surface area contributed by atoms with Crippen LogP contribution in [0, 0.1) is 6.92 Å². The Morgan fingerprint density at radius 1 is 1.29 bits per heavy atom. The van der Waals surface area contributed by atoms with Crippen molar-refractivity contribution in [2.75, 3.05) is 0 Å². The maximum Gasteiger partial charge on any atom is 0.108 e. The van der Waals surface area contributed by atoms with Crippen LogP contribution in [0.1, 0.15) is 22.9 Å². The number of aliphatic hydroxyl groups is 2. The molecule has 1 atom stereocenters. The molecule has 0 radical (unpaired) electrons. The number of hydrogen-bond acceptors (Lipinski definition) is 4. The molecule has 1 heterocycles. The molecule has 0 aliphatic heterocycles. The fourth-order valence-corrected chi connectivity index (χ4v) is 1.57. The molecular formula is C12H15N3O2. The molecule has 0 amide bonds. The molecule has 2 aromatic rings. The van der Waals surface area contributed by atoms with Gasteiger partial charge >= 0.3 is 0 Å². The number of aryl methyl sites for hydroxylation is 1. The molecule has 0 aliphatic carbocycles. The van der Waals surface area contributed by atoms with Crippen molar-refractivity contribution in [2.24, 2.45) is 0 Å². The third-order valence-corrected chi connectivity index (χ3v) is 2.57. The lowest BCUT2D eigenvalue weighted by Gasteiger charge is -2.10. The van der Waals surface area contributed by atoms with Crippen molar-refractivity contribution in [3.63, 3.8) is 0 Å². The molecule has 0 unspecified atom stereocenters. The molecule has 2 N–H and O–H groups in total. The highest BCUT2D eigenvalue weighted by Crippen LogP contribution is 2.15. The van der Waals surface area contributed by atoms with E-state index in [0.717, 1.165) is 11.1 Å². The van der Waals surface area contributed by atoms with E-state index in [0.29, 0.717) is 12.2 Å². The van der Waals surface area contributed by atoms with E-state index >= 15 is 0 Å². The van der Waals surface area contributed by atoms with Gasteiger partial charge in [-0.1, -0.05) is 35.0 Å². The van der Waals surface area contributed by atoms with Crippen LogP contribution in [-0.2, 0) is 13.2 Å². The Labute approximate surface area is 99.3 Å². The Morgan fingerprint density at radius 3 is 2.59 bits per heavy atom. The molecule has 0 saturated carbocycles. The van der Waals surface area contributed by atoms with Gasteiger partial charge in [0.2, 0.25) is 0 Å². The van der Waals surface area contributed by atoms with Gasteiger partial charge in [0.25, 0.3) is 0 Å². The zero-order valence-corrected chi connectivity index (χ0v) is 9.61. The van der Waals surface area contributed by atoms with Crippen molar-refractivity contribution in [3.05, 3.63) is 47.3 Å². The van der Waals surface area contributed by atoms with Gasteiger partial charge in [-0.15, -0.1) is 5.10 Å². The number of benzene rings is 1. The van der Waals surface area contributed by atoms with Gasteiger partial charge in [0.1, 0.15) is 5.69 Å². The SMILES string of the molecule is Cc1ccc([C@H](O)Cn2cc(CO)nn2)cc1. The topological polar surface area (TPSA) is 71.2 Å². The van der Waals surface area contributed by atoms with Crippen LogP contribution in [0.15, 0.2) is 30.5 Å². The van der Waals surface area contributed by atoms with E-state index in [1.807, 2.05) is 31.2 Å². The highest BCUT2D eigenvalue weighted by atomic mass is 16.3. The summed E-state index contributed by atoms with van der Waals surface area (Å²) in [5.41, 5.74) is 2.50.